The van der Waals surface area contributed by atoms with Gasteiger partial charge in [-0.2, -0.15) is 0 Å². The van der Waals surface area contributed by atoms with Crippen molar-refractivity contribution in [3.63, 3.8) is 0 Å². The Hall–Kier alpha value is -2.88. The van der Waals surface area contributed by atoms with Gasteiger partial charge in [-0.25, -0.2) is 0 Å². The monoisotopic (exact) mass is 408 g/mol. The Morgan fingerprint density at radius 1 is 1.23 bits per heavy atom. The Balaban J connectivity index is 2.01. The fourth-order valence-electron chi connectivity index (χ4n) is 3.93. The molecule has 0 saturated heterocycles. The Labute approximate surface area is 179 Å². The lowest BCUT2D eigenvalue weighted by Crippen LogP contribution is -2.22. The van der Waals surface area contributed by atoms with Gasteiger partial charge in [-0.15, -0.1) is 6.58 Å². The van der Waals surface area contributed by atoms with Crippen LogP contribution in [0.25, 0.3) is 0 Å². The molecule has 2 N–H and O–H groups in total. The van der Waals surface area contributed by atoms with Crippen molar-refractivity contribution in [1.82, 2.24) is 0 Å². The molecule has 0 radical (unpaired) electrons. The van der Waals surface area contributed by atoms with E-state index in [4.69, 9.17) is 9.47 Å². The third kappa shape index (κ3) is 4.18. The molecule has 0 aromatic heterocycles. The Morgan fingerprint density at radius 2 is 1.97 bits per heavy atom. The van der Waals surface area contributed by atoms with Crippen LogP contribution in [0.15, 0.2) is 48.6 Å². The van der Waals surface area contributed by atoms with E-state index in [2.05, 4.69) is 12.7 Å². The highest BCUT2D eigenvalue weighted by Crippen LogP contribution is 2.44. The Bertz CT molecular complexity index is 981. The highest BCUT2D eigenvalue weighted by Gasteiger charge is 2.30. The predicted molar refractivity (Wildman–Crippen MR) is 121 cm³/mol. The molecule has 0 saturated carbocycles. The van der Waals surface area contributed by atoms with Crippen LogP contribution >= 0.6 is 0 Å². The van der Waals surface area contributed by atoms with Crippen LogP contribution < -0.4 is 9.47 Å². The first-order valence-electron chi connectivity index (χ1n) is 10.3. The number of methoxy groups -OCH3 is 1. The molecule has 3 rings (SSSR count). The van der Waals surface area contributed by atoms with Gasteiger partial charge < -0.3 is 19.7 Å². The van der Waals surface area contributed by atoms with Crippen molar-refractivity contribution >= 4 is 0 Å². The zero-order valence-corrected chi connectivity index (χ0v) is 18.6. The first-order valence-corrected chi connectivity index (χ1v) is 10.3. The Morgan fingerprint density at radius 3 is 2.60 bits per heavy atom. The summed E-state index contributed by atoms with van der Waals surface area (Å²) in [5.41, 5.74) is 4.55. The molecule has 0 bridgehead atoms. The predicted octanol–water partition coefficient (Wildman–Crippen LogP) is 5.80. The van der Waals surface area contributed by atoms with Gasteiger partial charge in [-0.05, 0) is 44.4 Å². The van der Waals surface area contributed by atoms with Crippen LogP contribution in [-0.4, -0.2) is 23.9 Å². The molecule has 2 aromatic rings. The number of hydrogen-bond acceptors (Lipinski definition) is 4. The average molecular weight is 409 g/mol. The molecule has 0 spiro atoms. The largest absolute Gasteiger partial charge is 0.508 e. The molecule has 0 amide bonds. The van der Waals surface area contributed by atoms with Gasteiger partial charge in [0, 0.05) is 34.1 Å². The van der Waals surface area contributed by atoms with Crippen molar-refractivity contribution in [2.75, 3.05) is 13.7 Å². The molecule has 4 heteroatoms. The molecule has 1 unspecified atom stereocenters. The van der Waals surface area contributed by atoms with Crippen molar-refractivity contribution in [3.8, 4) is 23.0 Å². The second-order valence-electron chi connectivity index (χ2n) is 8.79. The van der Waals surface area contributed by atoms with E-state index in [-0.39, 0.29) is 22.8 Å². The van der Waals surface area contributed by atoms with Crippen molar-refractivity contribution in [3.05, 3.63) is 70.8 Å². The van der Waals surface area contributed by atoms with E-state index < -0.39 is 0 Å². The quantitative estimate of drug-likeness (QED) is 0.593. The second-order valence-corrected chi connectivity index (χ2v) is 8.79. The van der Waals surface area contributed by atoms with Crippen LogP contribution in [0.2, 0.25) is 0 Å². The molecule has 4 nitrogen and oxygen atoms in total. The molecule has 1 heterocycles. The standard InChI is InChI=1S/C26H32O4/c1-7-26(4,5)21-13-20(24(29-6)14-23(21)28)18-12-17-9-11-22(27)19(10-8-16(2)3)25(17)30-15-18/h7-9,11,13-14,18,27-28H,1,10,12,15H2,2-6H3. The van der Waals surface area contributed by atoms with E-state index in [1.54, 1.807) is 19.2 Å². The molecular formula is C26H32O4. The van der Waals surface area contributed by atoms with Gasteiger partial charge in [0.25, 0.3) is 0 Å². The highest BCUT2D eigenvalue weighted by molar-refractivity contribution is 5.55. The molecular weight excluding hydrogens is 376 g/mol. The molecule has 30 heavy (non-hydrogen) atoms. The number of phenols is 2. The molecule has 0 fully saturated rings. The van der Waals surface area contributed by atoms with Crippen LogP contribution in [-0.2, 0) is 18.3 Å². The highest BCUT2D eigenvalue weighted by atomic mass is 16.5. The van der Waals surface area contributed by atoms with E-state index in [0.717, 1.165) is 34.4 Å². The molecule has 2 aromatic carbocycles. The summed E-state index contributed by atoms with van der Waals surface area (Å²) in [6.07, 6.45) is 5.34. The molecule has 1 aliphatic rings. The van der Waals surface area contributed by atoms with Crippen molar-refractivity contribution in [1.29, 1.82) is 0 Å². The van der Waals surface area contributed by atoms with Gasteiger partial charge in [0.1, 0.15) is 23.0 Å². The second kappa shape index (κ2) is 8.47. The number of allylic oxidation sites excluding steroid dienone is 3. The zero-order chi connectivity index (χ0) is 22.1. The maximum Gasteiger partial charge on any atom is 0.129 e. The maximum atomic E-state index is 10.5. The van der Waals surface area contributed by atoms with Gasteiger partial charge in [-0.1, -0.05) is 37.6 Å². The van der Waals surface area contributed by atoms with E-state index >= 15 is 0 Å². The van der Waals surface area contributed by atoms with Crippen LogP contribution in [0.3, 0.4) is 0 Å². The molecule has 1 aliphatic heterocycles. The number of hydrogen-bond donors (Lipinski definition) is 2. The first kappa shape index (κ1) is 21.8. The number of ether oxygens (including phenoxy) is 2. The third-order valence-corrected chi connectivity index (χ3v) is 5.92. The van der Waals surface area contributed by atoms with Crippen molar-refractivity contribution in [2.45, 2.75) is 51.9 Å². The van der Waals surface area contributed by atoms with Crippen LogP contribution in [0.4, 0.5) is 0 Å². The third-order valence-electron chi connectivity index (χ3n) is 5.92. The van der Waals surface area contributed by atoms with Crippen molar-refractivity contribution in [2.24, 2.45) is 0 Å². The lowest BCUT2D eigenvalue weighted by atomic mass is 9.80. The van der Waals surface area contributed by atoms with Crippen LogP contribution in [0.1, 0.15) is 55.9 Å². The fraction of sp³-hybridized carbons (Fsp3) is 0.385. The molecule has 0 aliphatic carbocycles. The van der Waals surface area contributed by atoms with Gasteiger partial charge in [0.05, 0.1) is 13.7 Å². The normalized spacial score (nSPS) is 15.7. The summed E-state index contributed by atoms with van der Waals surface area (Å²) >= 11 is 0. The summed E-state index contributed by atoms with van der Waals surface area (Å²) in [5.74, 6) is 1.98. The van der Waals surface area contributed by atoms with E-state index in [0.29, 0.717) is 18.8 Å². The van der Waals surface area contributed by atoms with Gasteiger partial charge >= 0.3 is 0 Å². The SMILES string of the molecule is C=CC(C)(C)c1cc(C2COc3c(ccc(O)c3CC=C(C)C)C2)c(OC)cc1O. The summed E-state index contributed by atoms with van der Waals surface area (Å²) in [6.45, 7) is 12.5. The number of rotatable bonds is 6. The summed E-state index contributed by atoms with van der Waals surface area (Å²) in [4.78, 5) is 0. The minimum atomic E-state index is -0.373. The zero-order valence-electron chi connectivity index (χ0n) is 18.6. The van der Waals surface area contributed by atoms with Gasteiger partial charge in [0.2, 0.25) is 0 Å². The lowest BCUT2D eigenvalue weighted by molar-refractivity contribution is 0.255. The number of aromatic hydroxyl groups is 2. The Kier molecular flexibility index (Phi) is 6.16. The van der Waals surface area contributed by atoms with E-state index in [9.17, 15) is 10.2 Å². The lowest BCUT2D eigenvalue weighted by Gasteiger charge is -2.30. The molecule has 1 atom stereocenters. The smallest absolute Gasteiger partial charge is 0.129 e. The average Bonchev–Trinajstić information content (AvgIpc) is 2.72. The number of phenolic OH excluding ortho intramolecular Hbond substituents is 2. The van der Waals surface area contributed by atoms with Crippen LogP contribution in [0.5, 0.6) is 23.0 Å². The van der Waals surface area contributed by atoms with Crippen molar-refractivity contribution < 1.29 is 19.7 Å². The molecule has 160 valence electrons. The number of benzene rings is 2. The fourth-order valence-corrected chi connectivity index (χ4v) is 3.93. The minimum absolute atomic E-state index is 0.0771. The van der Waals surface area contributed by atoms with E-state index in [1.807, 2.05) is 45.9 Å². The summed E-state index contributed by atoms with van der Waals surface area (Å²) in [7, 11) is 1.61. The first-order chi connectivity index (χ1) is 14.2. The van der Waals surface area contributed by atoms with Gasteiger partial charge in [-0.3, -0.25) is 0 Å². The van der Waals surface area contributed by atoms with E-state index in [1.165, 1.54) is 5.57 Å². The maximum absolute atomic E-state index is 10.5. The topological polar surface area (TPSA) is 58.9 Å². The van der Waals surface area contributed by atoms with Gasteiger partial charge in [0.15, 0.2) is 0 Å². The number of fused-ring (bicyclic) bond motifs is 1. The summed E-state index contributed by atoms with van der Waals surface area (Å²) < 4.78 is 11.8. The summed E-state index contributed by atoms with van der Waals surface area (Å²) in [5, 5.41) is 20.9. The minimum Gasteiger partial charge on any atom is -0.508 e. The summed E-state index contributed by atoms with van der Waals surface area (Å²) in [6, 6.07) is 7.38. The van der Waals surface area contributed by atoms with Crippen LogP contribution in [0, 0.1) is 0 Å².